The van der Waals surface area contributed by atoms with E-state index < -0.39 is 0 Å². The van der Waals surface area contributed by atoms with Gasteiger partial charge in [0.25, 0.3) is 0 Å². The van der Waals surface area contributed by atoms with Crippen LogP contribution in [-0.4, -0.2) is 9.97 Å². The SMILES string of the molecule is c1ccc(-c2nc(-c3cc(-c4ccc(-c5cccc6c5sc5ccccc56)cc4)cc(-c4ccc5c(ccc6ccccc65)c4)c3)nc3c2sc2ccccc23)cc1. The Morgan fingerprint density at radius 3 is 1.76 bits per heavy atom. The summed E-state index contributed by atoms with van der Waals surface area (Å²) in [7, 11) is 0. The number of thiophene rings is 2. The van der Waals surface area contributed by atoms with E-state index in [1.54, 1.807) is 11.3 Å². The highest BCUT2D eigenvalue weighted by atomic mass is 32.1. The minimum Gasteiger partial charge on any atom is -0.226 e. The third-order valence-electron chi connectivity index (χ3n) is 11.5. The Kier molecular flexibility index (Phi) is 7.62. The Morgan fingerprint density at radius 1 is 0.310 bits per heavy atom. The van der Waals surface area contributed by atoms with E-state index in [4.69, 9.17) is 9.97 Å². The molecule has 4 heteroatoms. The van der Waals surface area contributed by atoms with Gasteiger partial charge in [0.1, 0.15) is 0 Å². The van der Waals surface area contributed by atoms with Gasteiger partial charge in [-0.05, 0) is 91.3 Å². The van der Waals surface area contributed by atoms with Crippen LogP contribution in [0.25, 0.3) is 118 Å². The van der Waals surface area contributed by atoms with E-state index in [0.29, 0.717) is 0 Å². The molecular weight excluding hydrogens is 741 g/mol. The van der Waals surface area contributed by atoms with Gasteiger partial charge in [-0.25, -0.2) is 9.97 Å². The van der Waals surface area contributed by atoms with E-state index in [9.17, 15) is 0 Å². The molecule has 58 heavy (non-hydrogen) atoms. The molecule has 0 aliphatic rings. The van der Waals surface area contributed by atoms with E-state index in [2.05, 4.69) is 194 Å². The number of hydrogen-bond acceptors (Lipinski definition) is 4. The maximum Gasteiger partial charge on any atom is 0.160 e. The van der Waals surface area contributed by atoms with Crippen LogP contribution in [0.1, 0.15) is 0 Å². The van der Waals surface area contributed by atoms with Gasteiger partial charge >= 0.3 is 0 Å². The Morgan fingerprint density at radius 2 is 0.914 bits per heavy atom. The first-order valence-electron chi connectivity index (χ1n) is 19.5. The summed E-state index contributed by atoms with van der Waals surface area (Å²) in [6.07, 6.45) is 0. The normalized spacial score (nSPS) is 11.8. The highest BCUT2D eigenvalue weighted by Gasteiger charge is 2.18. The Labute approximate surface area is 343 Å². The zero-order valence-electron chi connectivity index (χ0n) is 31.2. The minimum absolute atomic E-state index is 0.720. The van der Waals surface area contributed by atoms with Gasteiger partial charge in [-0.2, -0.15) is 0 Å². The van der Waals surface area contributed by atoms with Crippen LogP contribution in [0.5, 0.6) is 0 Å². The molecule has 0 unspecified atom stereocenters. The van der Waals surface area contributed by atoms with Crippen molar-refractivity contribution in [1.29, 1.82) is 0 Å². The lowest BCUT2D eigenvalue weighted by atomic mass is 9.92. The van der Waals surface area contributed by atoms with Crippen molar-refractivity contribution < 1.29 is 0 Å². The van der Waals surface area contributed by atoms with Crippen molar-refractivity contribution in [3.63, 3.8) is 0 Å². The molecule has 2 nitrogen and oxygen atoms in total. The summed E-state index contributed by atoms with van der Waals surface area (Å²) >= 11 is 3.64. The molecule has 0 spiro atoms. The zero-order chi connectivity index (χ0) is 38.2. The maximum absolute atomic E-state index is 5.39. The highest BCUT2D eigenvalue weighted by Crippen LogP contribution is 2.43. The topological polar surface area (TPSA) is 25.8 Å². The van der Waals surface area contributed by atoms with Gasteiger partial charge in [0.2, 0.25) is 0 Å². The van der Waals surface area contributed by atoms with Crippen molar-refractivity contribution in [2.45, 2.75) is 0 Å². The molecule has 0 aliphatic carbocycles. The fraction of sp³-hybridized carbons (Fsp3) is 0. The van der Waals surface area contributed by atoms with Crippen molar-refractivity contribution in [1.82, 2.24) is 9.97 Å². The molecule has 0 radical (unpaired) electrons. The highest BCUT2D eigenvalue weighted by molar-refractivity contribution is 7.26. The van der Waals surface area contributed by atoms with Crippen molar-refractivity contribution >= 4 is 84.7 Å². The molecule has 0 fully saturated rings. The lowest BCUT2D eigenvalue weighted by Crippen LogP contribution is -1.95. The molecule has 0 saturated carbocycles. The van der Waals surface area contributed by atoms with Crippen molar-refractivity contribution in [2.75, 3.05) is 0 Å². The van der Waals surface area contributed by atoms with Gasteiger partial charge in [-0.15, -0.1) is 22.7 Å². The second kappa shape index (κ2) is 13.3. The smallest absolute Gasteiger partial charge is 0.160 e. The second-order valence-corrected chi connectivity index (χ2v) is 17.0. The van der Waals surface area contributed by atoms with Crippen LogP contribution in [0, 0.1) is 0 Å². The lowest BCUT2D eigenvalue weighted by molar-refractivity contribution is 1.24. The maximum atomic E-state index is 5.39. The van der Waals surface area contributed by atoms with Crippen molar-refractivity contribution in [3.05, 3.63) is 194 Å². The van der Waals surface area contributed by atoms with Crippen LogP contribution in [0.2, 0.25) is 0 Å². The molecule has 0 atom stereocenters. The predicted molar refractivity (Wildman–Crippen MR) is 250 cm³/mol. The molecule has 270 valence electrons. The first-order chi connectivity index (χ1) is 28.7. The molecule has 12 rings (SSSR count). The molecule has 0 aliphatic heterocycles. The molecule has 3 heterocycles. The van der Waals surface area contributed by atoms with E-state index in [1.165, 1.54) is 57.5 Å². The Bertz CT molecular complexity index is 3560. The van der Waals surface area contributed by atoms with E-state index in [1.807, 2.05) is 11.3 Å². The van der Waals surface area contributed by atoms with E-state index in [-0.39, 0.29) is 0 Å². The molecule has 0 N–H and O–H groups in total. The number of aromatic nitrogens is 2. The number of rotatable bonds is 5. The molecule has 9 aromatic carbocycles. The first-order valence-corrected chi connectivity index (χ1v) is 21.2. The third kappa shape index (κ3) is 5.45. The van der Waals surface area contributed by atoms with Crippen LogP contribution < -0.4 is 0 Å². The number of hydrogen-bond donors (Lipinski definition) is 0. The third-order valence-corrected chi connectivity index (χ3v) is 13.9. The summed E-state index contributed by atoms with van der Waals surface area (Å²) in [5, 5.41) is 8.79. The monoisotopic (exact) mass is 772 g/mol. The molecule has 0 bridgehead atoms. The Hall–Kier alpha value is -6.98. The summed E-state index contributed by atoms with van der Waals surface area (Å²) < 4.78 is 4.97. The number of nitrogens with zero attached hydrogens (tertiary/aromatic N) is 2. The average molecular weight is 773 g/mol. The summed E-state index contributed by atoms with van der Waals surface area (Å²) in [6, 6.07) is 70.4. The molecule has 0 amide bonds. The fourth-order valence-corrected chi connectivity index (χ4v) is 11.0. The van der Waals surface area contributed by atoms with Crippen LogP contribution in [0.15, 0.2) is 194 Å². The Balaban J connectivity index is 1.05. The largest absolute Gasteiger partial charge is 0.226 e. The quantitative estimate of drug-likeness (QED) is 0.163. The molecule has 12 aromatic rings. The second-order valence-electron chi connectivity index (χ2n) is 14.9. The standard InChI is InChI=1S/C54H32N2S2/c1-2-12-36(13-3-1)50-53-51(47-16-7-9-20-49(47)58-53)56-54(55-50)41-31-39(30-40(32-41)37-27-28-43-38(29-37)26-25-34-11-4-5-14-42(34)43)33-21-23-35(24-22-33)44-17-10-18-46-45-15-6-8-19-48(45)57-52(44)46/h1-32H. The van der Waals surface area contributed by atoms with Crippen molar-refractivity contribution in [2.24, 2.45) is 0 Å². The lowest BCUT2D eigenvalue weighted by Gasteiger charge is -2.13. The summed E-state index contributed by atoms with van der Waals surface area (Å²) in [5.41, 5.74) is 11.1. The van der Waals surface area contributed by atoms with E-state index in [0.717, 1.165) is 60.5 Å². The van der Waals surface area contributed by atoms with Crippen molar-refractivity contribution in [3.8, 4) is 56.0 Å². The van der Waals surface area contributed by atoms with Gasteiger partial charge in [-0.1, -0.05) is 158 Å². The molecule has 3 aromatic heterocycles. The summed E-state index contributed by atoms with van der Waals surface area (Å²) in [6.45, 7) is 0. The number of benzene rings is 9. The molecule has 0 saturated heterocycles. The van der Waals surface area contributed by atoms with Crippen LogP contribution in [-0.2, 0) is 0 Å². The predicted octanol–water partition coefficient (Wildman–Crippen LogP) is 15.9. The van der Waals surface area contributed by atoms with Gasteiger partial charge in [0.05, 0.1) is 15.9 Å². The van der Waals surface area contributed by atoms with Gasteiger partial charge in [0, 0.05) is 41.4 Å². The van der Waals surface area contributed by atoms with Crippen LogP contribution in [0.3, 0.4) is 0 Å². The minimum atomic E-state index is 0.720. The van der Waals surface area contributed by atoms with Crippen LogP contribution in [0.4, 0.5) is 0 Å². The average Bonchev–Trinajstić information content (AvgIpc) is 3.87. The van der Waals surface area contributed by atoms with Gasteiger partial charge < -0.3 is 0 Å². The zero-order valence-corrected chi connectivity index (χ0v) is 32.8. The summed E-state index contributed by atoms with van der Waals surface area (Å²) in [5.74, 6) is 0.720. The first kappa shape index (κ1) is 33.2. The van der Waals surface area contributed by atoms with E-state index >= 15 is 0 Å². The van der Waals surface area contributed by atoms with Crippen LogP contribution >= 0.6 is 22.7 Å². The number of fused-ring (bicyclic) bond motifs is 9. The van der Waals surface area contributed by atoms with Gasteiger partial charge in [0.15, 0.2) is 5.82 Å². The fourth-order valence-electron chi connectivity index (χ4n) is 8.61. The van der Waals surface area contributed by atoms with Gasteiger partial charge in [-0.3, -0.25) is 0 Å². The molecular formula is C54H32N2S2. The summed E-state index contributed by atoms with van der Waals surface area (Å²) in [4.78, 5) is 10.8.